The maximum absolute atomic E-state index is 12.1. The van der Waals surface area contributed by atoms with E-state index in [4.69, 9.17) is 4.74 Å². The smallest absolute Gasteiger partial charge is 0.176 e. The second-order valence-corrected chi connectivity index (χ2v) is 4.63. The molecule has 2 aromatic carbocycles. The lowest BCUT2D eigenvalue weighted by Crippen LogP contribution is -2.20. The van der Waals surface area contributed by atoms with Gasteiger partial charge >= 0.3 is 0 Å². The van der Waals surface area contributed by atoms with Gasteiger partial charge in [0.15, 0.2) is 17.3 Å². The fraction of sp³-hybridized carbons (Fsp3) is 0.133. The van der Waals surface area contributed by atoms with Crippen molar-refractivity contribution in [1.29, 1.82) is 0 Å². The number of phenolic OH excluding ortho intramolecular Hbond substituents is 3. The second kappa shape index (κ2) is 4.45. The van der Waals surface area contributed by atoms with Gasteiger partial charge < -0.3 is 20.1 Å². The van der Waals surface area contributed by atoms with Crippen LogP contribution in [0.15, 0.2) is 36.4 Å². The van der Waals surface area contributed by atoms with Gasteiger partial charge in [-0.15, -0.1) is 0 Å². The van der Waals surface area contributed by atoms with Crippen molar-refractivity contribution >= 4 is 5.78 Å². The highest BCUT2D eigenvalue weighted by Crippen LogP contribution is 2.44. The highest BCUT2D eigenvalue weighted by atomic mass is 16.5. The van der Waals surface area contributed by atoms with Crippen LogP contribution in [-0.2, 0) is 0 Å². The highest BCUT2D eigenvalue weighted by molar-refractivity contribution is 6.03. The number of rotatable bonds is 1. The first-order chi connectivity index (χ1) is 9.56. The molecule has 0 bridgehead atoms. The van der Waals surface area contributed by atoms with Crippen LogP contribution in [0.4, 0.5) is 0 Å². The van der Waals surface area contributed by atoms with Gasteiger partial charge in [0.05, 0.1) is 6.42 Å². The first-order valence-corrected chi connectivity index (χ1v) is 6.10. The summed E-state index contributed by atoms with van der Waals surface area (Å²) >= 11 is 0. The van der Waals surface area contributed by atoms with Crippen LogP contribution < -0.4 is 4.74 Å². The Morgan fingerprint density at radius 3 is 2.30 bits per heavy atom. The number of ketones is 1. The highest BCUT2D eigenvalue weighted by Gasteiger charge is 2.32. The van der Waals surface area contributed by atoms with Crippen molar-refractivity contribution in [3.63, 3.8) is 0 Å². The summed E-state index contributed by atoms with van der Waals surface area (Å²) in [7, 11) is 0. The maximum atomic E-state index is 12.1. The van der Waals surface area contributed by atoms with E-state index in [1.807, 2.05) is 0 Å². The molecule has 0 saturated carbocycles. The van der Waals surface area contributed by atoms with Crippen molar-refractivity contribution in [1.82, 2.24) is 0 Å². The van der Waals surface area contributed by atoms with Crippen LogP contribution in [0, 0.1) is 0 Å². The van der Waals surface area contributed by atoms with E-state index in [2.05, 4.69) is 0 Å². The number of hydrogen-bond donors (Lipinski definition) is 3. The van der Waals surface area contributed by atoms with Crippen LogP contribution in [0.3, 0.4) is 0 Å². The van der Waals surface area contributed by atoms with E-state index in [9.17, 15) is 20.1 Å². The quantitative estimate of drug-likeness (QED) is 0.694. The Hall–Kier alpha value is -2.69. The van der Waals surface area contributed by atoms with Gasteiger partial charge in [0.1, 0.15) is 23.2 Å². The molecule has 3 N–H and O–H groups in total. The van der Waals surface area contributed by atoms with E-state index >= 15 is 0 Å². The summed E-state index contributed by atoms with van der Waals surface area (Å²) in [5.41, 5.74) is 0.726. The van der Waals surface area contributed by atoms with Gasteiger partial charge in [-0.25, -0.2) is 0 Å². The van der Waals surface area contributed by atoms with Crippen molar-refractivity contribution in [2.75, 3.05) is 0 Å². The Labute approximate surface area is 114 Å². The van der Waals surface area contributed by atoms with Gasteiger partial charge in [-0.1, -0.05) is 12.1 Å². The number of Topliss-reactive ketones (excluding diaryl/α,β-unsaturated/α-hetero) is 1. The van der Waals surface area contributed by atoms with E-state index in [0.717, 1.165) is 0 Å². The molecule has 0 aromatic heterocycles. The van der Waals surface area contributed by atoms with Crippen molar-refractivity contribution < 1.29 is 24.9 Å². The van der Waals surface area contributed by atoms with Crippen LogP contribution in [0.2, 0.25) is 0 Å². The molecule has 1 aliphatic heterocycles. The molecule has 0 fully saturated rings. The maximum Gasteiger partial charge on any atom is 0.176 e. The molecule has 0 saturated heterocycles. The first-order valence-electron chi connectivity index (χ1n) is 6.10. The minimum atomic E-state index is -0.553. The van der Waals surface area contributed by atoms with E-state index in [1.165, 1.54) is 24.3 Å². The fourth-order valence-corrected chi connectivity index (χ4v) is 2.28. The summed E-state index contributed by atoms with van der Waals surface area (Å²) in [6.45, 7) is 0. The van der Waals surface area contributed by atoms with Gasteiger partial charge in [0.25, 0.3) is 0 Å². The lowest BCUT2D eigenvalue weighted by molar-refractivity contribution is 0.0837. The molecule has 0 amide bonds. The zero-order valence-electron chi connectivity index (χ0n) is 10.4. The van der Waals surface area contributed by atoms with E-state index in [0.29, 0.717) is 5.56 Å². The molecule has 102 valence electrons. The molecular weight excluding hydrogens is 260 g/mol. The van der Waals surface area contributed by atoms with Gasteiger partial charge in [-0.2, -0.15) is 0 Å². The molecule has 1 aliphatic rings. The molecule has 1 unspecified atom stereocenters. The Kier molecular flexibility index (Phi) is 2.75. The molecule has 5 heteroatoms. The Bertz CT molecular complexity index is 675. The molecule has 20 heavy (non-hydrogen) atoms. The number of carbonyl (C=O) groups is 1. The summed E-state index contributed by atoms with van der Waals surface area (Å²) in [6.07, 6.45) is -0.488. The fourth-order valence-electron chi connectivity index (χ4n) is 2.28. The van der Waals surface area contributed by atoms with Gasteiger partial charge in [0.2, 0.25) is 0 Å². The van der Waals surface area contributed by atoms with Crippen LogP contribution >= 0.6 is 0 Å². The Morgan fingerprint density at radius 2 is 1.60 bits per heavy atom. The third kappa shape index (κ3) is 1.93. The molecule has 0 aliphatic carbocycles. The van der Waals surface area contributed by atoms with E-state index in [1.54, 1.807) is 12.1 Å². The number of fused-ring (bicyclic) bond motifs is 1. The zero-order valence-corrected chi connectivity index (χ0v) is 10.4. The molecule has 2 aromatic rings. The van der Waals surface area contributed by atoms with Crippen LogP contribution in [0.5, 0.6) is 23.0 Å². The number of benzene rings is 2. The summed E-state index contributed by atoms with van der Waals surface area (Å²) in [5.74, 6) is -0.560. The second-order valence-electron chi connectivity index (χ2n) is 4.63. The Morgan fingerprint density at radius 1 is 0.950 bits per heavy atom. The van der Waals surface area contributed by atoms with E-state index in [-0.39, 0.29) is 40.8 Å². The van der Waals surface area contributed by atoms with Gasteiger partial charge in [0, 0.05) is 0 Å². The average molecular weight is 272 g/mol. The predicted octanol–water partition coefficient (Wildman–Crippen LogP) is 2.51. The number of phenols is 3. The van der Waals surface area contributed by atoms with Crippen LogP contribution in [0.1, 0.15) is 28.4 Å². The van der Waals surface area contributed by atoms with Crippen molar-refractivity contribution in [3.05, 3.63) is 47.5 Å². The minimum Gasteiger partial charge on any atom is -0.508 e. The molecule has 3 rings (SSSR count). The van der Waals surface area contributed by atoms with Crippen molar-refractivity contribution in [3.8, 4) is 23.0 Å². The van der Waals surface area contributed by atoms with E-state index < -0.39 is 6.10 Å². The zero-order chi connectivity index (χ0) is 14.3. The number of hydrogen-bond acceptors (Lipinski definition) is 5. The lowest BCUT2D eigenvalue weighted by Gasteiger charge is -2.26. The third-order valence-corrected chi connectivity index (χ3v) is 3.29. The molecular formula is C15H12O5. The minimum absolute atomic E-state index is 0.000625. The molecule has 1 heterocycles. The largest absolute Gasteiger partial charge is 0.508 e. The van der Waals surface area contributed by atoms with Gasteiger partial charge in [-0.05, 0) is 29.8 Å². The monoisotopic (exact) mass is 272 g/mol. The summed E-state index contributed by atoms with van der Waals surface area (Å²) in [5, 5.41) is 28.7. The molecule has 0 spiro atoms. The topological polar surface area (TPSA) is 87.0 Å². The number of ether oxygens (including phenoxy) is 1. The molecule has 0 radical (unpaired) electrons. The number of carbonyl (C=O) groups excluding carboxylic acids is 1. The summed E-state index contributed by atoms with van der Waals surface area (Å²) < 4.78 is 5.63. The van der Waals surface area contributed by atoms with Crippen molar-refractivity contribution in [2.24, 2.45) is 0 Å². The number of aromatic hydroxyl groups is 3. The SMILES string of the molecule is O=C1CC(c2ccc(O)cc2)Oc2c(O)ccc(O)c21. The Balaban J connectivity index is 2.02. The standard InChI is InChI=1S/C15H12O5/c16-9-3-1-8(2-4-9)13-7-12(19)14-10(17)5-6-11(18)15(14)20-13/h1-6,13,16-18H,7H2. The summed E-state index contributed by atoms with van der Waals surface area (Å²) in [6, 6.07) is 8.84. The average Bonchev–Trinajstić information content (AvgIpc) is 2.43. The van der Waals surface area contributed by atoms with Crippen LogP contribution in [0.25, 0.3) is 0 Å². The third-order valence-electron chi connectivity index (χ3n) is 3.29. The van der Waals surface area contributed by atoms with Gasteiger partial charge in [-0.3, -0.25) is 4.79 Å². The van der Waals surface area contributed by atoms with Crippen molar-refractivity contribution in [2.45, 2.75) is 12.5 Å². The normalized spacial score (nSPS) is 17.4. The molecule has 1 atom stereocenters. The summed E-state index contributed by atoms with van der Waals surface area (Å²) in [4.78, 5) is 12.1. The first kappa shape index (κ1) is 12.3. The lowest BCUT2D eigenvalue weighted by atomic mass is 9.95. The predicted molar refractivity (Wildman–Crippen MR) is 70.2 cm³/mol. The van der Waals surface area contributed by atoms with Crippen LogP contribution in [-0.4, -0.2) is 21.1 Å². The molecule has 5 nitrogen and oxygen atoms in total.